The maximum Gasteiger partial charge on any atom is 0.336 e. The maximum absolute atomic E-state index is 12.4. The second kappa shape index (κ2) is 8.81. The van der Waals surface area contributed by atoms with Crippen LogP contribution in [0.1, 0.15) is 24.0 Å². The summed E-state index contributed by atoms with van der Waals surface area (Å²) in [7, 11) is 4.42. The number of carboxylic acids is 1. The molecule has 0 saturated heterocycles. The van der Waals surface area contributed by atoms with Crippen molar-refractivity contribution in [3.05, 3.63) is 46.7 Å². The predicted octanol–water partition coefficient (Wildman–Crippen LogP) is 2.87. The van der Waals surface area contributed by atoms with Crippen molar-refractivity contribution in [2.24, 2.45) is 0 Å². The van der Waals surface area contributed by atoms with Gasteiger partial charge in [-0.1, -0.05) is 0 Å². The standard InChI is InChI=1S/C23H22O10/c1-11(24)30-9-19-21(23(25)26)20(12-5-17(27-2)22(29-4)18(6-12)28-3)13-7-15-16(32-10-31-15)8-14(13)33-19/h5-8,20H,9-10H2,1-4H3,(H,25,26)/t20-/m1/s1. The van der Waals surface area contributed by atoms with Crippen LogP contribution in [0.15, 0.2) is 35.6 Å². The molecule has 2 aliphatic rings. The first-order chi connectivity index (χ1) is 15.9. The minimum Gasteiger partial charge on any atom is -0.493 e. The van der Waals surface area contributed by atoms with Gasteiger partial charge in [-0.15, -0.1) is 0 Å². The van der Waals surface area contributed by atoms with Crippen LogP contribution in [0.3, 0.4) is 0 Å². The number of fused-ring (bicyclic) bond motifs is 2. The van der Waals surface area contributed by atoms with Gasteiger partial charge in [0.1, 0.15) is 12.4 Å². The van der Waals surface area contributed by atoms with Gasteiger partial charge in [0.2, 0.25) is 12.5 Å². The van der Waals surface area contributed by atoms with Crippen molar-refractivity contribution in [3.8, 4) is 34.5 Å². The number of benzene rings is 2. The highest BCUT2D eigenvalue weighted by Gasteiger charge is 2.38. The van der Waals surface area contributed by atoms with Crippen LogP contribution in [0.2, 0.25) is 0 Å². The highest BCUT2D eigenvalue weighted by atomic mass is 16.7. The molecule has 10 heteroatoms. The molecule has 0 aromatic heterocycles. The quantitative estimate of drug-likeness (QED) is 0.620. The molecule has 2 heterocycles. The van der Waals surface area contributed by atoms with E-state index in [4.69, 9.17) is 33.2 Å². The molecule has 4 rings (SSSR count). The van der Waals surface area contributed by atoms with E-state index in [2.05, 4.69) is 0 Å². The van der Waals surface area contributed by atoms with Crippen molar-refractivity contribution in [2.45, 2.75) is 12.8 Å². The van der Waals surface area contributed by atoms with Crippen LogP contribution in [-0.2, 0) is 14.3 Å². The summed E-state index contributed by atoms with van der Waals surface area (Å²) in [5.74, 6) is -0.309. The molecule has 2 aromatic rings. The molecule has 0 unspecified atom stereocenters. The lowest BCUT2D eigenvalue weighted by atomic mass is 9.81. The van der Waals surface area contributed by atoms with Crippen LogP contribution in [0, 0.1) is 0 Å². The third-order valence-electron chi connectivity index (χ3n) is 5.30. The van der Waals surface area contributed by atoms with Gasteiger partial charge in [-0.3, -0.25) is 4.79 Å². The topological polar surface area (TPSA) is 119 Å². The number of methoxy groups -OCH3 is 3. The number of rotatable bonds is 7. The summed E-state index contributed by atoms with van der Waals surface area (Å²) >= 11 is 0. The van der Waals surface area contributed by atoms with Gasteiger partial charge in [-0.05, 0) is 23.8 Å². The second-order valence-electron chi connectivity index (χ2n) is 7.16. The van der Waals surface area contributed by atoms with Gasteiger partial charge in [0.25, 0.3) is 0 Å². The molecule has 0 saturated carbocycles. The Bertz CT molecular complexity index is 1130. The van der Waals surface area contributed by atoms with E-state index in [1.165, 1.54) is 28.3 Å². The lowest BCUT2D eigenvalue weighted by Crippen LogP contribution is -2.25. The van der Waals surface area contributed by atoms with E-state index < -0.39 is 17.9 Å². The number of carbonyl (C=O) groups is 2. The molecular formula is C23H22O10. The average molecular weight is 458 g/mol. The minimum absolute atomic E-state index is 0.0113. The highest BCUT2D eigenvalue weighted by molar-refractivity contribution is 5.91. The van der Waals surface area contributed by atoms with Gasteiger partial charge in [0.15, 0.2) is 28.8 Å². The van der Waals surface area contributed by atoms with Crippen LogP contribution < -0.4 is 28.4 Å². The zero-order chi connectivity index (χ0) is 23.7. The predicted molar refractivity (Wildman–Crippen MR) is 112 cm³/mol. The third kappa shape index (κ3) is 3.95. The van der Waals surface area contributed by atoms with Crippen LogP contribution >= 0.6 is 0 Å². The van der Waals surface area contributed by atoms with Crippen molar-refractivity contribution >= 4 is 11.9 Å². The van der Waals surface area contributed by atoms with Gasteiger partial charge in [0.05, 0.1) is 26.9 Å². The summed E-state index contributed by atoms with van der Waals surface area (Å²) in [4.78, 5) is 23.9. The van der Waals surface area contributed by atoms with Crippen LogP contribution in [0.4, 0.5) is 0 Å². The molecule has 174 valence electrons. The summed E-state index contributed by atoms with van der Waals surface area (Å²) in [6.07, 6.45) is 0. The van der Waals surface area contributed by atoms with Crippen molar-refractivity contribution in [3.63, 3.8) is 0 Å². The summed E-state index contributed by atoms with van der Waals surface area (Å²) < 4.78 is 38.2. The van der Waals surface area contributed by atoms with E-state index in [1.54, 1.807) is 24.3 Å². The van der Waals surface area contributed by atoms with E-state index in [0.717, 1.165) is 0 Å². The van der Waals surface area contributed by atoms with Crippen molar-refractivity contribution in [1.82, 2.24) is 0 Å². The summed E-state index contributed by atoms with van der Waals surface area (Å²) in [6, 6.07) is 6.63. The average Bonchev–Trinajstić information content (AvgIpc) is 3.26. The monoisotopic (exact) mass is 458 g/mol. The molecule has 2 aliphatic heterocycles. The zero-order valence-corrected chi connectivity index (χ0v) is 18.4. The Hall–Kier alpha value is -4.08. The normalized spacial score (nSPS) is 15.9. The number of carboxylic acid groups (broad SMARTS) is 1. The molecule has 1 N–H and O–H groups in total. The van der Waals surface area contributed by atoms with Crippen molar-refractivity contribution in [1.29, 1.82) is 0 Å². The number of esters is 1. The molecular weight excluding hydrogens is 436 g/mol. The number of hydrogen-bond donors (Lipinski definition) is 1. The summed E-state index contributed by atoms with van der Waals surface area (Å²) in [5, 5.41) is 10.2. The summed E-state index contributed by atoms with van der Waals surface area (Å²) in [6.45, 7) is 0.908. The summed E-state index contributed by atoms with van der Waals surface area (Å²) in [5.41, 5.74) is 0.958. The van der Waals surface area contributed by atoms with Crippen molar-refractivity contribution in [2.75, 3.05) is 34.7 Å². The van der Waals surface area contributed by atoms with Gasteiger partial charge in [-0.2, -0.15) is 0 Å². The Kier molecular flexibility index (Phi) is 5.91. The molecule has 0 radical (unpaired) electrons. The fraction of sp³-hybridized carbons (Fsp3) is 0.304. The Morgan fingerprint density at radius 2 is 1.61 bits per heavy atom. The molecule has 33 heavy (non-hydrogen) atoms. The molecule has 0 fully saturated rings. The van der Waals surface area contributed by atoms with E-state index >= 15 is 0 Å². The highest BCUT2D eigenvalue weighted by Crippen LogP contribution is 2.51. The second-order valence-corrected chi connectivity index (χ2v) is 7.16. The zero-order valence-electron chi connectivity index (χ0n) is 18.4. The molecule has 2 aromatic carbocycles. The Morgan fingerprint density at radius 3 is 2.15 bits per heavy atom. The van der Waals surface area contributed by atoms with Gasteiger partial charge in [-0.25, -0.2) is 4.79 Å². The smallest absolute Gasteiger partial charge is 0.336 e. The minimum atomic E-state index is -1.24. The molecule has 0 aliphatic carbocycles. The van der Waals surface area contributed by atoms with Gasteiger partial charge >= 0.3 is 11.9 Å². The van der Waals surface area contributed by atoms with E-state index in [9.17, 15) is 14.7 Å². The Labute approximate surface area is 189 Å². The Morgan fingerprint density at radius 1 is 0.970 bits per heavy atom. The van der Waals surface area contributed by atoms with Crippen LogP contribution in [-0.4, -0.2) is 51.8 Å². The molecule has 0 bridgehead atoms. The van der Waals surface area contributed by atoms with Gasteiger partial charge in [0, 0.05) is 24.5 Å². The number of carbonyl (C=O) groups excluding carboxylic acids is 1. The maximum atomic E-state index is 12.4. The van der Waals surface area contributed by atoms with Crippen molar-refractivity contribution < 1.29 is 47.9 Å². The third-order valence-corrected chi connectivity index (χ3v) is 5.30. The molecule has 0 amide bonds. The first-order valence-electron chi connectivity index (χ1n) is 9.88. The van der Waals surface area contributed by atoms with Gasteiger partial charge < -0.3 is 38.3 Å². The fourth-order valence-corrected chi connectivity index (χ4v) is 3.89. The SMILES string of the molecule is COc1cc([C@H]2C(C(=O)O)=C(COC(C)=O)Oc3cc4c(cc32)OCO4)cc(OC)c1OC. The van der Waals surface area contributed by atoms with E-state index in [1.807, 2.05) is 0 Å². The number of ether oxygens (including phenoxy) is 7. The van der Waals surface area contributed by atoms with E-state index in [0.29, 0.717) is 45.6 Å². The molecule has 1 atom stereocenters. The largest absolute Gasteiger partial charge is 0.493 e. The lowest BCUT2D eigenvalue weighted by Gasteiger charge is -2.30. The van der Waals surface area contributed by atoms with Crippen LogP contribution in [0.25, 0.3) is 0 Å². The molecule has 10 nitrogen and oxygen atoms in total. The first-order valence-corrected chi connectivity index (χ1v) is 9.88. The Balaban J connectivity index is 1.97. The van der Waals surface area contributed by atoms with Crippen LogP contribution in [0.5, 0.6) is 34.5 Å². The fourth-order valence-electron chi connectivity index (χ4n) is 3.89. The number of aliphatic carboxylic acids is 1. The molecule has 0 spiro atoms. The first kappa shape index (κ1) is 22.1. The van der Waals surface area contributed by atoms with E-state index in [-0.39, 0.29) is 24.7 Å². The number of hydrogen-bond acceptors (Lipinski definition) is 9. The lowest BCUT2D eigenvalue weighted by molar-refractivity contribution is -0.141.